The van der Waals surface area contributed by atoms with E-state index in [4.69, 9.17) is 29.3 Å². The molecule has 2 N–H and O–H groups in total. The molecule has 17 heteroatoms. The lowest BCUT2D eigenvalue weighted by atomic mass is 9.89. The highest BCUT2D eigenvalue weighted by Crippen LogP contribution is 2.42. The number of nitrogens with zero attached hydrogens (tertiary/aromatic N) is 4. The smallest absolute Gasteiger partial charge is 0.449 e. The van der Waals surface area contributed by atoms with Crippen molar-refractivity contribution in [1.82, 2.24) is 14.8 Å². The van der Waals surface area contributed by atoms with Gasteiger partial charge in [0, 0.05) is 22.4 Å². The second-order valence-corrected chi connectivity index (χ2v) is 12.8. The molecule has 0 amide bonds. The molecule has 1 aliphatic heterocycles. The predicted molar refractivity (Wildman–Crippen MR) is 158 cm³/mol. The minimum atomic E-state index is -5.05. The summed E-state index contributed by atoms with van der Waals surface area (Å²) in [5.74, 6) is -3.68. The molecule has 0 unspecified atom stereocenters. The average molecular weight is 681 g/mol. The number of carbonyl (C=O) groups excluding carboxylic acids is 1. The van der Waals surface area contributed by atoms with E-state index in [1.807, 2.05) is 6.07 Å². The summed E-state index contributed by atoms with van der Waals surface area (Å²) in [6.07, 6.45) is 8.08. The van der Waals surface area contributed by atoms with E-state index in [2.05, 4.69) is 14.6 Å². The topological polar surface area (TPSA) is 166 Å². The van der Waals surface area contributed by atoms with E-state index in [1.165, 1.54) is 47.3 Å². The molecule has 46 heavy (non-hydrogen) atoms. The van der Waals surface area contributed by atoms with Gasteiger partial charge in [0.1, 0.15) is 30.1 Å². The van der Waals surface area contributed by atoms with Crippen molar-refractivity contribution in [2.24, 2.45) is 0 Å². The Morgan fingerprint density at radius 2 is 1.98 bits per heavy atom. The maximum atomic E-state index is 15.4. The number of hydrogen-bond acceptors (Lipinski definition) is 10. The van der Waals surface area contributed by atoms with Crippen LogP contribution in [0.4, 0.5) is 13.2 Å². The monoisotopic (exact) mass is 680 g/mol. The van der Waals surface area contributed by atoms with Crippen LogP contribution in [0.3, 0.4) is 0 Å². The third-order valence-corrected chi connectivity index (χ3v) is 8.54. The molecule has 1 fully saturated rings. The number of ether oxygens (including phenoxy) is 3. The standard InChI is InChI=1S/C29H28F3N4O8PS/c1-19(46-23-13-41-28(42-14-23)5-3-2-4-21-7-6-20(12-33)10-25(21)31)29(16-36-18-34-17-35-36,24-9-8-22(30)11-26(24)32)44-27(37)15-43-45(38,39)40/h2-11,17-19,23,28H,13-16H2,1H3,(H2,38,39,40)/b4-2+,5-3+/t19-,23-,28-,29-/m1/s1. The summed E-state index contributed by atoms with van der Waals surface area (Å²) in [6.45, 7) is 0.467. The van der Waals surface area contributed by atoms with E-state index in [9.17, 15) is 18.1 Å². The number of rotatable bonds is 13. The maximum Gasteiger partial charge on any atom is 0.470 e. The fourth-order valence-corrected chi connectivity index (χ4v) is 6.13. The van der Waals surface area contributed by atoms with Crippen LogP contribution in [0.25, 0.3) is 6.08 Å². The molecule has 2 heterocycles. The molecule has 0 saturated carbocycles. The van der Waals surface area contributed by atoms with E-state index in [1.54, 1.807) is 25.2 Å². The van der Waals surface area contributed by atoms with Gasteiger partial charge in [-0.25, -0.2) is 32.2 Å². The van der Waals surface area contributed by atoms with Crippen molar-refractivity contribution in [3.63, 3.8) is 0 Å². The lowest BCUT2D eigenvalue weighted by Gasteiger charge is -2.40. The quantitative estimate of drug-likeness (QED) is 0.150. The van der Waals surface area contributed by atoms with Gasteiger partial charge in [-0.1, -0.05) is 24.3 Å². The second kappa shape index (κ2) is 15.7. The molecule has 3 aromatic rings. The van der Waals surface area contributed by atoms with Crippen LogP contribution in [0.2, 0.25) is 0 Å². The van der Waals surface area contributed by atoms with Crippen LogP contribution in [0.5, 0.6) is 0 Å². The number of nitriles is 1. The van der Waals surface area contributed by atoms with Gasteiger partial charge in [-0.15, -0.1) is 11.8 Å². The van der Waals surface area contributed by atoms with Crippen LogP contribution < -0.4 is 0 Å². The van der Waals surface area contributed by atoms with Crippen molar-refractivity contribution in [3.05, 3.63) is 101 Å². The van der Waals surface area contributed by atoms with Gasteiger partial charge < -0.3 is 24.0 Å². The molecule has 4 rings (SSSR count). The van der Waals surface area contributed by atoms with Crippen LogP contribution in [0, 0.1) is 28.8 Å². The van der Waals surface area contributed by atoms with Crippen LogP contribution in [-0.2, 0) is 40.2 Å². The molecule has 1 saturated heterocycles. The number of aromatic nitrogens is 3. The number of phosphoric acid groups is 1. The summed E-state index contributed by atoms with van der Waals surface area (Å²) >= 11 is 1.21. The summed E-state index contributed by atoms with van der Waals surface area (Å²) in [4.78, 5) is 34.8. The average Bonchev–Trinajstić information content (AvgIpc) is 3.52. The molecule has 0 bridgehead atoms. The van der Waals surface area contributed by atoms with Crippen molar-refractivity contribution >= 4 is 31.6 Å². The van der Waals surface area contributed by atoms with Crippen molar-refractivity contribution in [2.45, 2.75) is 35.9 Å². The van der Waals surface area contributed by atoms with Gasteiger partial charge in [-0.05, 0) is 37.3 Å². The minimum absolute atomic E-state index is 0.151. The van der Waals surface area contributed by atoms with E-state index in [0.29, 0.717) is 11.6 Å². The van der Waals surface area contributed by atoms with E-state index in [-0.39, 0.29) is 36.1 Å². The molecule has 0 radical (unpaired) electrons. The zero-order valence-corrected chi connectivity index (χ0v) is 25.8. The number of hydrogen-bond donors (Lipinski definition) is 2. The molecule has 1 aromatic heterocycles. The molecular formula is C29H28F3N4O8PS. The fraction of sp³-hybridized carbons (Fsp3) is 0.310. The molecule has 244 valence electrons. The van der Waals surface area contributed by atoms with Crippen LogP contribution in [0.1, 0.15) is 23.6 Å². The Bertz CT molecular complexity index is 1660. The number of halogens is 3. The van der Waals surface area contributed by atoms with Crippen LogP contribution >= 0.6 is 19.6 Å². The van der Waals surface area contributed by atoms with Gasteiger partial charge in [-0.3, -0.25) is 4.52 Å². The Kier molecular flexibility index (Phi) is 11.9. The number of allylic oxidation sites excluding steroid dienone is 2. The molecule has 2 atom stereocenters. The fourth-order valence-electron chi connectivity index (χ4n) is 4.49. The number of thioether (sulfide) groups is 1. The Balaban J connectivity index is 1.49. The highest BCUT2D eigenvalue weighted by atomic mass is 32.2. The first-order valence-corrected chi connectivity index (χ1v) is 16.0. The summed E-state index contributed by atoms with van der Waals surface area (Å²) < 4.78 is 77.4. The predicted octanol–water partition coefficient (Wildman–Crippen LogP) is 4.25. The Morgan fingerprint density at radius 3 is 2.61 bits per heavy atom. The lowest BCUT2D eigenvalue weighted by Crippen LogP contribution is -2.47. The van der Waals surface area contributed by atoms with Gasteiger partial charge in [0.05, 0.1) is 36.6 Å². The Hall–Kier alpha value is -3.81. The molecule has 0 aliphatic carbocycles. The summed E-state index contributed by atoms with van der Waals surface area (Å²) in [5, 5.41) is 11.7. The number of carbonyl (C=O) groups is 1. The highest BCUT2D eigenvalue weighted by Gasteiger charge is 2.47. The van der Waals surface area contributed by atoms with Gasteiger partial charge in [0.2, 0.25) is 0 Å². The van der Waals surface area contributed by atoms with Crippen molar-refractivity contribution in [3.8, 4) is 6.07 Å². The zero-order chi connectivity index (χ0) is 33.3. The first-order valence-electron chi connectivity index (χ1n) is 13.5. The molecule has 0 spiro atoms. The normalized spacial score (nSPS) is 19.2. The molecule has 1 aliphatic rings. The molecule has 12 nitrogen and oxygen atoms in total. The maximum absolute atomic E-state index is 15.4. The number of benzene rings is 2. The van der Waals surface area contributed by atoms with Gasteiger partial charge in [0.25, 0.3) is 0 Å². The highest BCUT2D eigenvalue weighted by molar-refractivity contribution is 8.00. The lowest BCUT2D eigenvalue weighted by molar-refractivity contribution is -0.166. The number of esters is 1. The molecule has 2 aromatic carbocycles. The van der Waals surface area contributed by atoms with Gasteiger partial charge in [-0.2, -0.15) is 10.4 Å². The summed E-state index contributed by atoms with van der Waals surface area (Å²) in [5.41, 5.74) is -1.63. The third-order valence-electron chi connectivity index (χ3n) is 6.63. The van der Waals surface area contributed by atoms with Gasteiger partial charge in [0.15, 0.2) is 18.5 Å². The van der Waals surface area contributed by atoms with Crippen molar-refractivity contribution in [1.29, 1.82) is 5.26 Å². The Labute approximate surface area is 265 Å². The first kappa shape index (κ1) is 35.1. The SMILES string of the molecule is C[C@@H](S[C@H]1CO[C@H](/C=C/C=C/c2ccc(C#N)cc2F)OC1)[C@@](Cn1cncn1)(OC(=O)COP(=O)(O)O)c1ccc(F)cc1F. The van der Waals surface area contributed by atoms with Crippen molar-refractivity contribution < 1.29 is 51.1 Å². The second-order valence-electron chi connectivity index (χ2n) is 9.87. The van der Waals surface area contributed by atoms with Crippen molar-refractivity contribution in [2.75, 3.05) is 19.8 Å². The largest absolute Gasteiger partial charge is 0.470 e. The molecular weight excluding hydrogens is 652 g/mol. The third kappa shape index (κ3) is 9.60. The van der Waals surface area contributed by atoms with E-state index < -0.39 is 55.0 Å². The summed E-state index contributed by atoms with van der Waals surface area (Å²) in [7, 11) is -5.05. The minimum Gasteiger partial charge on any atom is -0.449 e. The van der Waals surface area contributed by atoms with Crippen LogP contribution in [-0.4, -0.2) is 67.1 Å². The summed E-state index contributed by atoms with van der Waals surface area (Å²) in [6, 6.07) is 8.71. The van der Waals surface area contributed by atoms with E-state index >= 15 is 4.39 Å². The zero-order valence-electron chi connectivity index (χ0n) is 24.1. The van der Waals surface area contributed by atoms with Gasteiger partial charge >= 0.3 is 13.8 Å². The number of phosphoric ester groups is 1. The van der Waals surface area contributed by atoms with E-state index in [0.717, 1.165) is 18.2 Å². The van der Waals surface area contributed by atoms with Crippen LogP contribution in [0.15, 0.2) is 67.3 Å². The Morgan fingerprint density at radius 1 is 1.22 bits per heavy atom. The first-order chi connectivity index (χ1) is 21.9.